The van der Waals surface area contributed by atoms with Crippen LogP contribution in [-0.2, 0) is 25.8 Å². The number of carbonyl (C=O) groups excluding carboxylic acids is 1. The normalized spacial score (nSPS) is 12.4. The van der Waals surface area contributed by atoms with Crippen molar-refractivity contribution in [1.29, 1.82) is 0 Å². The minimum absolute atomic E-state index is 0.163. The summed E-state index contributed by atoms with van der Waals surface area (Å²) < 4.78 is 36.2. The first-order valence-corrected chi connectivity index (χ1v) is 11.5. The zero-order chi connectivity index (χ0) is 21.3. The molecular formula is C23H30O5S. The molecule has 2 aromatic rings. The van der Waals surface area contributed by atoms with Crippen LogP contribution in [0.4, 0.5) is 0 Å². The van der Waals surface area contributed by atoms with Gasteiger partial charge in [0.05, 0.1) is 18.6 Å². The number of methoxy groups -OCH3 is 1. The smallest absolute Gasteiger partial charge is 0.324 e. The van der Waals surface area contributed by atoms with E-state index >= 15 is 0 Å². The van der Waals surface area contributed by atoms with Crippen LogP contribution in [0.1, 0.15) is 43.7 Å². The maximum Gasteiger partial charge on any atom is 0.324 e. The SMILES string of the molecule is CCOC(=O)C(CCCCCc1ccc(OC)cc1)S(=O)(=O)c1ccc(C)cc1. The van der Waals surface area contributed by atoms with Crippen molar-refractivity contribution in [3.63, 3.8) is 0 Å². The molecule has 0 aliphatic rings. The summed E-state index contributed by atoms with van der Waals surface area (Å²) in [5.74, 6) is 0.163. The molecule has 1 unspecified atom stereocenters. The molecule has 0 saturated heterocycles. The molecule has 0 amide bonds. The summed E-state index contributed by atoms with van der Waals surface area (Å²) in [7, 11) is -2.14. The van der Waals surface area contributed by atoms with Crippen molar-refractivity contribution < 1.29 is 22.7 Å². The van der Waals surface area contributed by atoms with Crippen molar-refractivity contribution >= 4 is 15.8 Å². The van der Waals surface area contributed by atoms with E-state index in [9.17, 15) is 13.2 Å². The Morgan fingerprint density at radius 1 is 0.966 bits per heavy atom. The molecule has 0 fully saturated rings. The molecule has 0 aromatic heterocycles. The lowest BCUT2D eigenvalue weighted by molar-refractivity contribution is -0.142. The standard InChI is InChI=1S/C23H30O5S/c1-4-28-23(24)22(29(25,26)21-16-10-18(2)11-17-21)9-7-5-6-8-19-12-14-20(27-3)15-13-19/h10-17,22H,4-9H2,1-3H3. The van der Waals surface area contributed by atoms with Gasteiger partial charge in [-0.25, -0.2) is 8.42 Å². The van der Waals surface area contributed by atoms with Crippen LogP contribution in [0.3, 0.4) is 0 Å². The predicted molar refractivity (Wildman–Crippen MR) is 114 cm³/mol. The van der Waals surface area contributed by atoms with Crippen molar-refractivity contribution in [3.8, 4) is 5.75 Å². The Bertz CT molecular complexity index is 870. The molecular weight excluding hydrogens is 388 g/mol. The Labute approximate surface area is 174 Å². The summed E-state index contributed by atoms with van der Waals surface area (Å²) in [6.07, 6.45) is 3.57. The number of rotatable bonds is 11. The zero-order valence-corrected chi connectivity index (χ0v) is 18.2. The Morgan fingerprint density at radius 3 is 2.21 bits per heavy atom. The van der Waals surface area contributed by atoms with E-state index in [2.05, 4.69) is 0 Å². The average Bonchev–Trinajstić information content (AvgIpc) is 2.71. The molecule has 0 saturated carbocycles. The van der Waals surface area contributed by atoms with E-state index in [4.69, 9.17) is 9.47 Å². The number of benzene rings is 2. The minimum atomic E-state index is -3.77. The van der Waals surface area contributed by atoms with Gasteiger partial charge in [0, 0.05) is 0 Å². The van der Waals surface area contributed by atoms with E-state index in [-0.39, 0.29) is 17.9 Å². The number of unbranched alkanes of at least 4 members (excludes halogenated alkanes) is 2. The molecule has 0 aliphatic heterocycles. The minimum Gasteiger partial charge on any atom is -0.497 e. The van der Waals surface area contributed by atoms with Crippen LogP contribution < -0.4 is 4.74 Å². The van der Waals surface area contributed by atoms with Gasteiger partial charge in [-0.3, -0.25) is 4.79 Å². The molecule has 6 heteroatoms. The molecule has 29 heavy (non-hydrogen) atoms. The Kier molecular flexibility index (Phi) is 8.70. The first-order valence-electron chi connectivity index (χ1n) is 9.98. The predicted octanol–water partition coefficient (Wildman–Crippen LogP) is 4.51. The van der Waals surface area contributed by atoms with E-state index < -0.39 is 21.1 Å². The number of hydrogen-bond acceptors (Lipinski definition) is 5. The van der Waals surface area contributed by atoms with Gasteiger partial charge in [0.15, 0.2) is 15.1 Å². The van der Waals surface area contributed by atoms with Gasteiger partial charge in [-0.2, -0.15) is 0 Å². The van der Waals surface area contributed by atoms with Crippen molar-refractivity contribution in [2.75, 3.05) is 13.7 Å². The highest BCUT2D eigenvalue weighted by Crippen LogP contribution is 2.23. The van der Waals surface area contributed by atoms with Crippen LogP contribution in [0, 0.1) is 6.92 Å². The maximum atomic E-state index is 13.0. The number of carbonyl (C=O) groups is 1. The Balaban J connectivity index is 1.95. The average molecular weight is 419 g/mol. The molecule has 2 aromatic carbocycles. The molecule has 5 nitrogen and oxygen atoms in total. The highest BCUT2D eigenvalue weighted by Gasteiger charge is 2.34. The number of hydrogen-bond donors (Lipinski definition) is 0. The molecule has 158 valence electrons. The van der Waals surface area contributed by atoms with E-state index in [1.807, 2.05) is 31.2 Å². The van der Waals surface area contributed by atoms with Crippen molar-refractivity contribution in [2.45, 2.75) is 56.1 Å². The second-order valence-corrected chi connectivity index (χ2v) is 9.18. The van der Waals surface area contributed by atoms with Gasteiger partial charge in [0.2, 0.25) is 0 Å². The Hall–Kier alpha value is -2.34. The lowest BCUT2D eigenvalue weighted by Gasteiger charge is -2.16. The van der Waals surface area contributed by atoms with Gasteiger partial charge in [-0.1, -0.05) is 42.7 Å². The van der Waals surface area contributed by atoms with Gasteiger partial charge in [0.1, 0.15) is 5.75 Å². The Morgan fingerprint density at radius 2 is 1.62 bits per heavy atom. The largest absolute Gasteiger partial charge is 0.497 e. The van der Waals surface area contributed by atoms with Crippen LogP contribution in [-0.4, -0.2) is 33.4 Å². The number of aryl methyl sites for hydroxylation is 2. The molecule has 0 bridgehead atoms. The summed E-state index contributed by atoms with van der Waals surface area (Å²) in [5.41, 5.74) is 2.18. The van der Waals surface area contributed by atoms with Crippen LogP contribution in [0.2, 0.25) is 0 Å². The van der Waals surface area contributed by atoms with E-state index in [1.165, 1.54) is 5.56 Å². The summed E-state index contributed by atoms with van der Waals surface area (Å²) in [6, 6.07) is 14.5. The number of ether oxygens (including phenoxy) is 2. The summed E-state index contributed by atoms with van der Waals surface area (Å²) in [5, 5.41) is -1.16. The second kappa shape index (κ2) is 11.0. The summed E-state index contributed by atoms with van der Waals surface area (Å²) in [4.78, 5) is 12.5. The highest BCUT2D eigenvalue weighted by molar-refractivity contribution is 7.92. The third kappa shape index (κ3) is 6.60. The van der Waals surface area contributed by atoms with Crippen LogP contribution in [0.15, 0.2) is 53.4 Å². The number of esters is 1. The third-order valence-corrected chi connectivity index (χ3v) is 6.97. The zero-order valence-electron chi connectivity index (χ0n) is 17.4. The second-order valence-electron chi connectivity index (χ2n) is 7.05. The molecule has 0 spiro atoms. The highest BCUT2D eigenvalue weighted by atomic mass is 32.2. The maximum absolute atomic E-state index is 13.0. The van der Waals surface area contributed by atoms with Crippen LogP contribution in [0.5, 0.6) is 5.75 Å². The van der Waals surface area contributed by atoms with Crippen molar-refractivity contribution in [2.24, 2.45) is 0 Å². The fourth-order valence-electron chi connectivity index (χ4n) is 3.15. The summed E-state index contributed by atoms with van der Waals surface area (Å²) in [6.45, 7) is 3.74. The first-order chi connectivity index (χ1) is 13.9. The lowest BCUT2D eigenvalue weighted by Crippen LogP contribution is -2.32. The monoisotopic (exact) mass is 418 g/mol. The third-order valence-electron chi connectivity index (χ3n) is 4.86. The fraction of sp³-hybridized carbons (Fsp3) is 0.435. The number of sulfone groups is 1. The molecule has 0 radical (unpaired) electrons. The fourth-order valence-corrected chi connectivity index (χ4v) is 4.80. The molecule has 0 N–H and O–H groups in total. The summed E-state index contributed by atoms with van der Waals surface area (Å²) >= 11 is 0. The van der Waals surface area contributed by atoms with E-state index in [0.29, 0.717) is 6.42 Å². The van der Waals surface area contributed by atoms with Gasteiger partial charge >= 0.3 is 5.97 Å². The van der Waals surface area contributed by atoms with Gasteiger partial charge in [-0.15, -0.1) is 0 Å². The topological polar surface area (TPSA) is 69.7 Å². The van der Waals surface area contributed by atoms with Gasteiger partial charge in [-0.05, 0) is 62.9 Å². The van der Waals surface area contributed by atoms with Gasteiger partial charge in [0.25, 0.3) is 0 Å². The molecule has 0 aliphatic carbocycles. The van der Waals surface area contributed by atoms with E-state index in [0.717, 1.165) is 30.6 Å². The first kappa shape index (κ1) is 22.9. The lowest BCUT2D eigenvalue weighted by atomic mass is 10.1. The van der Waals surface area contributed by atoms with Crippen LogP contribution >= 0.6 is 0 Å². The molecule has 0 heterocycles. The molecule has 1 atom stereocenters. The van der Waals surface area contributed by atoms with Crippen molar-refractivity contribution in [3.05, 3.63) is 59.7 Å². The van der Waals surface area contributed by atoms with Gasteiger partial charge < -0.3 is 9.47 Å². The van der Waals surface area contributed by atoms with Crippen LogP contribution in [0.25, 0.3) is 0 Å². The quantitative estimate of drug-likeness (QED) is 0.397. The van der Waals surface area contributed by atoms with E-state index in [1.54, 1.807) is 38.3 Å². The molecule has 2 rings (SSSR count). The van der Waals surface area contributed by atoms with Crippen molar-refractivity contribution in [1.82, 2.24) is 0 Å².